The zero-order valence-corrected chi connectivity index (χ0v) is 17.7. The minimum Gasteiger partial charge on any atom is -0.393 e. The Labute approximate surface area is 163 Å². The van der Waals surface area contributed by atoms with Gasteiger partial charge in [0.25, 0.3) is 0 Å². The summed E-state index contributed by atoms with van der Waals surface area (Å²) >= 11 is 0. The minimum absolute atomic E-state index is 0. The molecule has 0 spiro atoms. The molecule has 24 heavy (non-hydrogen) atoms. The van der Waals surface area contributed by atoms with Gasteiger partial charge in [-0.05, 0) is 46.5 Å². The summed E-state index contributed by atoms with van der Waals surface area (Å²) in [7, 11) is 0. The number of guanidine groups is 1. The van der Waals surface area contributed by atoms with Crippen LogP contribution in [0.3, 0.4) is 0 Å². The van der Waals surface area contributed by atoms with Crippen LogP contribution >= 0.6 is 24.0 Å². The van der Waals surface area contributed by atoms with Gasteiger partial charge < -0.3 is 20.5 Å². The molecule has 0 amide bonds. The lowest BCUT2D eigenvalue weighted by Gasteiger charge is -2.37. The number of hydrogen-bond acceptors (Lipinski definition) is 4. The van der Waals surface area contributed by atoms with Crippen LogP contribution in [0.25, 0.3) is 0 Å². The van der Waals surface area contributed by atoms with Gasteiger partial charge in [0.2, 0.25) is 0 Å². The highest BCUT2D eigenvalue weighted by Crippen LogP contribution is 2.18. The van der Waals surface area contributed by atoms with Gasteiger partial charge in [0.05, 0.1) is 25.9 Å². The molecule has 1 saturated heterocycles. The first-order valence-corrected chi connectivity index (χ1v) is 9.16. The largest absolute Gasteiger partial charge is 0.393 e. The standard InChI is InChI=1S/C17H34N4O2.HI/c1-4-18-17(20-15-5-7-16(22)8-6-15)19-11-13(2)21-9-10-23-12-14(21)3;/h13-16,22H,4-12H2,1-3H3,(H2,18,19,20);1H. The summed E-state index contributed by atoms with van der Waals surface area (Å²) < 4.78 is 5.51. The maximum atomic E-state index is 9.62. The predicted molar refractivity (Wildman–Crippen MR) is 109 cm³/mol. The van der Waals surface area contributed by atoms with Gasteiger partial charge >= 0.3 is 0 Å². The summed E-state index contributed by atoms with van der Waals surface area (Å²) in [6.07, 6.45) is 3.69. The van der Waals surface area contributed by atoms with Crippen LogP contribution in [-0.2, 0) is 4.74 Å². The number of aliphatic hydroxyl groups excluding tert-OH is 1. The van der Waals surface area contributed by atoms with Crippen LogP contribution in [0.15, 0.2) is 4.99 Å². The van der Waals surface area contributed by atoms with Crippen molar-refractivity contribution in [1.82, 2.24) is 15.5 Å². The fourth-order valence-electron chi connectivity index (χ4n) is 3.46. The number of aliphatic imine (C=N–C) groups is 1. The molecular formula is C17H35IN4O2. The zero-order chi connectivity index (χ0) is 16.7. The summed E-state index contributed by atoms with van der Waals surface area (Å²) in [5.74, 6) is 0.904. The molecule has 2 unspecified atom stereocenters. The van der Waals surface area contributed by atoms with Gasteiger partial charge in [0.1, 0.15) is 0 Å². The van der Waals surface area contributed by atoms with Crippen LogP contribution in [0, 0.1) is 0 Å². The Bertz CT molecular complexity index is 376. The fraction of sp³-hybridized carbons (Fsp3) is 0.941. The summed E-state index contributed by atoms with van der Waals surface area (Å²) in [6, 6.07) is 1.30. The summed E-state index contributed by atoms with van der Waals surface area (Å²) in [4.78, 5) is 7.27. The fourth-order valence-corrected chi connectivity index (χ4v) is 3.46. The zero-order valence-electron chi connectivity index (χ0n) is 15.3. The molecule has 2 rings (SSSR count). The molecule has 1 heterocycles. The number of ether oxygens (including phenoxy) is 1. The molecule has 3 N–H and O–H groups in total. The molecule has 142 valence electrons. The molecule has 0 radical (unpaired) electrons. The lowest BCUT2D eigenvalue weighted by molar-refractivity contribution is -0.0166. The van der Waals surface area contributed by atoms with Gasteiger partial charge in [-0.15, -0.1) is 24.0 Å². The van der Waals surface area contributed by atoms with Gasteiger partial charge in [-0.1, -0.05) is 0 Å². The lowest BCUT2D eigenvalue weighted by Crippen LogP contribution is -2.50. The molecule has 2 atom stereocenters. The van der Waals surface area contributed by atoms with Gasteiger partial charge in [0.15, 0.2) is 5.96 Å². The van der Waals surface area contributed by atoms with Crippen molar-refractivity contribution in [2.75, 3.05) is 32.8 Å². The number of nitrogens with zero attached hydrogens (tertiary/aromatic N) is 2. The van der Waals surface area contributed by atoms with Crippen molar-refractivity contribution >= 4 is 29.9 Å². The van der Waals surface area contributed by atoms with E-state index in [2.05, 4.69) is 36.3 Å². The molecule has 1 aliphatic carbocycles. The van der Waals surface area contributed by atoms with E-state index in [1.807, 2.05) is 0 Å². The van der Waals surface area contributed by atoms with Crippen molar-refractivity contribution in [3.8, 4) is 0 Å². The van der Waals surface area contributed by atoms with Crippen molar-refractivity contribution < 1.29 is 9.84 Å². The molecule has 2 aliphatic rings. The van der Waals surface area contributed by atoms with E-state index in [9.17, 15) is 5.11 Å². The third-order valence-corrected chi connectivity index (χ3v) is 4.88. The van der Waals surface area contributed by atoms with Crippen molar-refractivity contribution in [2.45, 2.75) is 70.7 Å². The average molecular weight is 454 g/mol. The van der Waals surface area contributed by atoms with Crippen LogP contribution in [0.2, 0.25) is 0 Å². The molecule has 1 saturated carbocycles. The lowest BCUT2D eigenvalue weighted by atomic mass is 9.93. The molecule has 2 fully saturated rings. The van der Waals surface area contributed by atoms with E-state index >= 15 is 0 Å². The molecule has 6 nitrogen and oxygen atoms in total. The summed E-state index contributed by atoms with van der Waals surface area (Å²) in [5, 5.41) is 16.5. The second kappa shape index (κ2) is 11.5. The molecular weight excluding hydrogens is 419 g/mol. The monoisotopic (exact) mass is 454 g/mol. The van der Waals surface area contributed by atoms with Crippen LogP contribution in [0.4, 0.5) is 0 Å². The highest BCUT2D eigenvalue weighted by molar-refractivity contribution is 14.0. The van der Waals surface area contributed by atoms with E-state index in [-0.39, 0.29) is 30.1 Å². The molecule has 1 aliphatic heterocycles. The Morgan fingerprint density at radius 3 is 2.67 bits per heavy atom. The second-order valence-electron chi connectivity index (χ2n) is 6.88. The third-order valence-electron chi connectivity index (χ3n) is 4.88. The molecule has 7 heteroatoms. The number of aliphatic hydroxyl groups is 1. The second-order valence-corrected chi connectivity index (χ2v) is 6.88. The van der Waals surface area contributed by atoms with E-state index in [1.54, 1.807) is 0 Å². The normalized spacial score (nSPS) is 30.3. The smallest absolute Gasteiger partial charge is 0.191 e. The predicted octanol–water partition coefficient (Wildman–Crippen LogP) is 1.57. The number of nitrogens with one attached hydrogen (secondary N) is 2. The number of morpholine rings is 1. The highest BCUT2D eigenvalue weighted by atomic mass is 127. The molecule has 0 aromatic heterocycles. The van der Waals surface area contributed by atoms with Crippen molar-refractivity contribution in [3.63, 3.8) is 0 Å². The van der Waals surface area contributed by atoms with E-state index in [0.717, 1.165) is 64.5 Å². The van der Waals surface area contributed by atoms with Gasteiger partial charge in [-0.3, -0.25) is 9.89 Å². The summed E-state index contributed by atoms with van der Waals surface area (Å²) in [6.45, 7) is 10.8. The third kappa shape index (κ3) is 7.01. The quantitative estimate of drug-likeness (QED) is 0.334. The van der Waals surface area contributed by atoms with Crippen LogP contribution in [0.1, 0.15) is 46.5 Å². The van der Waals surface area contributed by atoms with Gasteiger partial charge in [0, 0.05) is 31.2 Å². The maximum absolute atomic E-state index is 9.62. The van der Waals surface area contributed by atoms with Gasteiger partial charge in [-0.2, -0.15) is 0 Å². The van der Waals surface area contributed by atoms with E-state index in [0.29, 0.717) is 18.1 Å². The van der Waals surface area contributed by atoms with Gasteiger partial charge in [-0.25, -0.2) is 0 Å². The minimum atomic E-state index is -0.115. The molecule has 0 bridgehead atoms. The van der Waals surface area contributed by atoms with E-state index < -0.39 is 0 Å². The number of halogens is 1. The first-order chi connectivity index (χ1) is 11.1. The average Bonchev–Trinajstić information content (AvgIpc) is 2.55. The Hall–Kier alpha value is -0.120. The Morgan fingerprint density at radius 1 is 1.33 bits per heavy atom. The van der Waals surface area contributed by atoms with E-state index in [4.69, 9.17) is 9.73 Å². The molecule has 0 aromatic carbocycles. The first-order valence-electron chi connectivity index (χ1n) is 9.16. The first kappa shape index (κ1) is 21.9. The van der Waals surface area contributed by atoms with Crippen molar-refractivity contribution in [3.05, 3.63) is 0 Å². The van der Waals surface area contributed by atoms with Crippen LogP contribution in [0.5, 0.6) is 0 Å². The van der Waals surface area contributed by atoms with Crippen LogP contribution < -0.4 is 10.6 Å². The Morgan fingerprint density at radius 2 is 2.04 bits per heavy atom. The topological polar surface area (TPSA) is 69.1 Å². The maximum Gasteiger partial charge on any atom is 0.191 e. The highest BCUT2D eigenvalue weighted by Gasteiger charge is 2.24. The number of hydrogen-bond donors (Lipinski definition) is 3. The van der Waals surface area contributed by atoms with E-state index in [1.165, 1.54) is 0 Å². The Balaban J connectivity index is 0.00000288. The Kier molecular flexibility index (Phi) is 10.5. The SMILES string of the molecule is CCNC(=NCC(C)N1CCOCC1C)NC1CCC(O)CC1.I. The number of rotatable bonds is 5. The van der Waals surface area contributed by atoms with Crippen molar-refractivity contribution in [2.24, 2.45) is 4.99 Å². The molecule has 0 aromatic rings. The summed E-state index contributed by atoms with van der Waals surface area (Å²) in [5.41, 5.74) is 0. The van der Waals surface area contributed by atoms with Crippen molar-refractivity contribution in [1.29, 1.82) is 0 Å². The van der Waals surface area contributed by atoms with Crippen LogP contribution in [-0.4, -0.2) is 73.0 Å².